The van der Waals surface area contributed by atoms with Gasteiger partial charge in [-0.05, 0) is 45.1 Å². The minimum atomic E-state index is -0.0667. The Balaban J connectivity index is 2.59. The molecule has 3 atom stereocenters. The highest BCUT2D eigenvalue weighted by Crippen LogP contribution is 2.29. The van der Waals surface area contributed by atoms with Crippen molar-refractivity contribution in [3.63, 3.8) is 0 Å². The number of hydrogen-bond donors (Lipinski definition) is 1. The molecule has 1 fully saturated rings. The summed E-state index contributed by atoms with van der Waals surface area (Å²) in [6, 6.07) is 1.27. The van der Waals surface area contributed by atoms with Crippen LogP contribution < -0.4 is 0 Å². The molecule has 0 saturated heterocycles. The number of nitrogens with zero attached hydrogens (tertiary/aromatic N) is 1. The van der Waals surface area contributed by atoms with E-state index in [2.05, 4.69) is 32.7 Å². The Hall–Kier alpha value is -0.0800. The average Bonchev–Trinajstić information content (AvgIpc) is 2.23. The molecule has 1 aliphatic rings. The second-order valence-corrected chi connectivity index (χ2v) is 5.15. The summed E-state index contributed by atoms with van der Waals surface area (Å²) in [5, 5.41) is 9.75. The summed E-state index contributed by atoms with van der Waals surface area (Å²) in [7, 11) is 2.23. The number of hydrogen-bond acceptors (Lipinski definition) is 2. The number of aliphatic hydroxyl groups excluding tert-OH is 1. The van der Waals surface area contributed by atoms with Gasteiger partial charge in [-0.2, -0.15) is 0 Å². The van der Waals surface area contributed by atoms with E-state index in [1.54, 1.807) is 0 Å². The predicted octanol–water partition coefficient (Wildman–Crippen LogP) is 2.66. The third-order valence-corrected chi connectivity index (χ3v) is 4.17. The van der Waals surface area contributed by atoms with E-state index >= 15 is 0 Å². The Bertz CT molecular complexity index is 179. The second-order valence-electron chi connectivity index (χ2n) is 5.15. The van der Waals surface area contributed by atoms with Crippen LogP contribution in [0.4, 0.5) is 0 Å². The van der Waals surface area contributed by atoms with Gasteiger partial charge < -0.3 is 10.0 Å². The van der Waals surface area contributed by atoms with Gasteiger partial charge >= 0.3 is 0 Å². The van der Waals surface area contributed by atoms with E-state index < -0.39 is 0 Å². The molecule has 1 rings (SSSR count). The third kappa shape index (κ3) is 3.18. The lowest BCUT2D eigenvalue weighted by atomic mass is 9.82. The van der Waals surface area contributed by atoms with Gasteiger partial charge in [0.05, 0.1) is 6.10 Å². The van der Waals surface area contributed by atoms with Crippen molar-refractivity contribution in [2.75, 3.05) is 7.05 Å². The Morgan fingerprint density at radius 2 is 1.87 bits per heavy atom. The van der Waals surface area contributed by atoms with Gasteiger partial charge in [0.2, 0.25) is 0 Å². The zero-order valence-corrected chi connectivity index (χ0v) is 10.7. The zero-order chi connectivity index (χ0) is 11.4. The van der Waals surface area contributed by atoms with Gasteiger partial charge in [-0.1, -0.05) is 20.8 Å². The molecule has 1 N–H and O–H groups in total. The quantitative estimate of drug-likeness (QED) is 0.776. The molecule has 0 radical (unpaired) electrons. The summed E-state index contributed by atoms with van der Waals surface area (Å²) in [6.45, 7) is 6.85. The lowest BCUT2D eigenvalue weighted by molar-refractivity contribution is 0.0238. The maximum Gasteiger partial charge on any atom is 0.0555 e. The Kier molecular flexibility index (Phi) is 5.07. The molecule has 0 bridgehead atoms. The molecule has 0 spiro atoms. The van der Waals surface area contributed by atoms with Crippen LogP contribution in [0.1, 0.15) is 52.9 Å². The van der Waals surface area contributed by atoms with E-state index in [0.717, 1.165) is 18.8 Å². The maximum absolute atomic E-state index is 9.75. The van der Waals surface area contributed by atoms with E-state index in [-0.39, 0.29) is 6.10 Å². The molecule has 0 aromatic carbocycles. The molecule has 0 heterocycles. The standard InChI is InChI=1S/C13H27NO/c1-5-11(6-2)14(4)13-9-12(15)8-7-10(13)3/h10-13,15H,5-9H2,1-4H3. The van der Waals surface area contributed by atoms with Crippen molar-refractivity contribution >= 4 is 0 Å². The SMILES string of the molecule is CCC(CC)N(C)C1CC(O)CCC1C. The molecule has 1 saturated carbocycles. The van der Waals surface area contributed by atoms with Crippen molar-refractivity contribution < 1.29 is 5.11 Å². The van der Waals surface area contributed by atoms with Crippen LogP contribution in [-0.4, -0.2) is 35.2 Å². The first kappa shape index (κ1) is 13.0. The van der Waals surface area contributed by atoms with Crippen molar-refractivity contribution in [1.29, 1.82) is 0 Å². The van der Waals surface area contributed by atoms with Gasteiger partial charge in [0, 0.05) is 12.1 Å². The van der Waals surface area contributed by atoms with Crippen molar-refractivity contribution in [2.24, 2.45) is 5.92 Å². The molecule has 15 heavy (non-hydrogen) atoms. The molecule has 0 aliphatic heterocycles. The molecule has 0 amide bonds. The highest BCUT2D eigenvalue weighted by Gasteiger charge is 2.31. The topological polar surface area (TPSA) is 23.5 Å². The van der Waals surface area contributed by atoms with Gasteiger partial charge in [0.1, 0.15) is 0 Å². The molecule has 0 aromatic heterocycles. The Morgan fingerprint density at radius 1 is 1.27 bits per heavy atom. The predicted molar refractivity (Wildman–Crippen MR) is 64.9 cm³/mol. The molecule has 90 valence electrons. The maximum atomic E-state index is 9.75. The van der Waals surface area contributed by atoms with Crippen LogP contribution in [0.25, 0.3) is 0 Å². The van der Waals surface area contributed by atoms with Crippen molar-refractivity contribution in [3.05, 3.63) is 0 Å². The molecule has 1 aliphatic carbocycles. The largest absolute Gasteiger partial charge is 0.393 e. The Morgan fingerprint density at radius 3 is 2.40 bits per heavy atom. The lowest BCUT2D eigenvalue weighted by Crippen LogP contribution is -2.47. The fourth-order valence-electron chi connectivity index (χ4n) is 2.98. The van der Waals surface area contributed by atoms with Gasteiger partial charge in [0.25, 0.3) is 0 Å². The molecular weight excluding hydrogens is 186 g/mol. The summed E-state index contributed by atoms with van der Waals surface area (Å²) in [4.78, 5) is 2.51. The van der Waals surface area contributed by atoms with Crippen LogP contribution in [0.2, 0.25) is 0 Å². The van der Waals surface area contributed by atoms with Crippen LogP contribution in [0.5, 0.6) is 0 Å². The molecule has 2 nitrogen and oxygen atoms in total. The summed E-state index contributed by atoms with van der Waals surface area (Å²) in [5.74, 6) is 0.735. The van der Waals surface area contributed by atoms with Crippen LogP contribution in [0.3, 0.4) is 0 Å². The van der Waals surface area contributed by atoms with Crippen molar-refractivity contribution in [1.82, 2.24) is 4.90 Å². The summed E-state index contributed by atoms with van der Waals surface area (Å²) >= 11 is 0. The fourth-order valence-corrected chi connectivity index (χ4v) is 2.98. The van der Waals surface area contributed by atoms with Crippen molar-refractivity contribution in [2.45, 2.75) is 71.1 Å². The van der Waals surface area contributed by atoms with Crippen LogP contribution in [-0.2, 0) is 0 Å². The van der Waals surface area contributed by atoms with E-state index in [1.807, 2.05) is 0 Å². The van der Waals surface area contributed by atoms with Gasteiger partial charge in [-0.15, -0.1) is 0 Å². The third-order valence-electron chi connectivity index (χ3n) is 4.17. The number of rotatable bonds is 4. The van der Waals surface area contributed by atoms with Crippen molar-refractivity contribution in [3.8, 4) is 0 Å². The van der Waals surface area contributed by atoms with Crippen LogP contribution in [0.15, 0.2) is 0 Å². The first-order chi connectivity index (χ1) is 7.10. The first-order valence-electron chi connectivity index (χ1n) is 6.50. The summed E-state index contributed by atoms with van der Waals surface area (Å²) in [5.41, 5.74) is 0. The average molecular weight is 213 g/mol. The molecule has 2 heteroatoms. The fraction of sp³-hybridized carbons (Fsp3) is 1.00. The zero-order valence-electron chi connectivity index (χ0n) is 10.7. The van der Waals surface area contributed by atoms with Crippen LogP contribution in [0, 0.1) is 5.92 Å². The van der Waals surface area contributed by atoms with Crippen LogP contribution >= 0.6 is 0 Å². The van der Waals surface area contributed by atoms with E-state index in [1.165, 1.54) is 19.3 Å². The molecule has 0 aromatic rings. The second kappa shape index (κ2) is 5.86. The number of aliphatic hydroxyl groups is 1. The van der Waals surface area contributed by atoms with Gasteiger partial charge in [-0.25, -0.2) is 0 Å². The summed E-state index contributed by atoms with van der Waals surface area (Å²) < 4.78 is 0. The lowest BCUT2D eigenvalue weighted by Gasteiger charge is -2.41. The minimum Gasteiger partial charge on any atom is -0.393 e. The molecule has 3 unspecified atom stereocenters. The molecular formula is C13H27NO. The summed E-state index contributed by atoms with van der Waals surface area (Å²) in [6.07, 6.45) is 5.50. The highest BCUT2D eigenvalue weighted by molar-refractivity contribution is 4.85. The smallest absolute Gasteiger partial charge is 0.0555 e. The Labute approximate surface area is 94.7 Å². The van der Waals surface area contributed by atoms with Gasteiger partial charge in [-0.3, -0.25) is 0 Å². The first-order valence-corrected chi connectivity index (χ1v) is 6.50. The monoisotopic (exact) mass is 213 g/mol. The van der Waals surface area contributed by atoms with E-state index in [0.29, 0.717) is 12.1 Å². The highest BCUT2D eigenvalue weighted by atomic mass is 16.3. The van der Waals surface area contributed by atoms with E-state index in [9.17, 15) is 5.11 Å². The minimum absolute atomic E-state index is 0.0667. The van der Waals surface area contributed by atoms with Gasteiger partial charge in [0.15, 0.2) is 0 Å². The van der Waals surface area contributed by atoms with E-state index in [4.69, 9.17) is 0 Å². The normalized spacial score (nSPS) is 32.6.